The molecule has 0 atom stereocenters. The molecule has 0 spiro atoms. The van der Waals surface area contributed by atoms with E-state index in [2.05, 4.69) is 12.1 Å². The minimum Gasteiger partial charge on any atom is -0.444 e. The predicted octanol–water partition coefficient (Wildman–Crippen LogP) is 5.24. The van der Waals surface area contributed by atoms with Crippen molar-refractivity contribution in [1.82, 2.24) is 9.80 Å². The first-order valence-electron chi connectivity index (χ1n) is 11.1. The van der Waals surface area contributed by atoms with E-state index in [0.29, 0.717) is 26.2 Å². The molecule has 0 aromatic carbocycles. The lowest BCUT2D eigenvalue weighted by Crippen LogP contribution is -2.38. The Morgan fingerprint density at radius 2 is 0.968 bits per heavy atom. The van der Waals surface area contributed by atoms with E-state index in [9.17, 15) is 9.59 Å². The number of unbranched alkanes of at least 4 members (excludes halogenated alkanes) is 4. The van der Waals surface area contributed by atoms with Crippen molar-refractivity contribution in [2.45, 2.75) is 97.7 Å². The maximum atomic E-state index is 12.3. The van der Waals surface area contributed by atoms with E-state index >= 15 is 0 Å². The van der Waals surface area contributed by atoms with Crippen LogP contribution in [0.3, 0.4) is 0 Å². The highest BCUT2D eigenvalue weighted by atomic mass is 16.6. The molecule has 0 aliphatic heterocycles. The molecule has 0 saturated heterocycles. The number of nitriles is 2. The normalized spacial score (nSPS) is 11.2. The maximum absolute atomic E-state index is 12.3. The first-order chi connectivity index (χ1) is 14.4. The molecule has 31 heavy (non-hydrogen) atoms. The average molecular weight is 437 g/mol. The standard InChI is InChI=1S/C23H40N4O4/c1-22(2,3)30-20(28)26(18-12-14-24)16-10-8-7-9-11-17-27(19-13-15-25)21(29)31-23(4,5)6/h7-13,16-19H2,1-6H3. The number of hydrogen-bond donors (Lipinski definition) is 0. The first kappa shape index (κ1) is 28.5. The third-order valence-corrected chi connectivity index (χ3v) is 4.15. The summed E-state index contributed by atoms with van der Waals surface area (Å²) in [6, 6.07) is 4.14. The second-order valence-electron chi connectivity index (χ2n) is 9.52. The Morgan fingerprint density at radius 3 is 1.26 bits per heavy atom. The summed E-state index contributed by atoms with van der Waals surface area (Å²) < 4.78 is 10.8. The number of nitrogens with zero attached hydrogens (tertiary/aromatic N) is 4. The van der Waals surface area contributed by atoms with Gasteiger partial charge in [0.05, 0.1) is 25.0 Å². The Hall–Kier alpha value is -2.48. The van der Waals surface area contributed by atoms with Crippen LogP contribution < -0.4 is 0 Å². The first-order valence-corrected chi connectivity index (χ1v) is 11.1. The molecule has 2 amide bonds. The highest BCUT2D eigenvalue weighted by molar-refractivity contribution is 5.68. The van der Waals surface area contributed by atoms with E-state index in [1.807, 2.05) is 41.5 Å². The number of rotatable bonds is 12. The van der Waals surface area contributed by atoms with Crippen LogP contribution >= 0.6 is 0 Å². The Kier molecular flexibility index (Phi) is 13.4. The van der Waals surface area contributed by atoms with Crippen molar-refractivity contribution in [2.75, 3.05) is 26.2 Å². The molecule has 8 heteroatoms. The van der Waals surface area contributed by atoms with Crippen molar-refractivity contribution in [3.05, 3.63) is 0 Å². The van der Waals surface area contributed by atoms with Crippen LogP contribution in [0, 0.1) is 22.7 Å². The van der Waals surface area contributed by atoms with E-state index < -0.39 is 11.2 Å². The lowest BCUT2D eigenvalue weighted by Gasteiger charge is -2.27. The summed E-state index contributed by atoms with van der Waals surface area (Å²) in [6.45, 7) is 12.8. The third kappa shape index (κ3) is 16.0. The minimum absolute atomic E-state index is 0.280. The van der Waals surface area contributed by atoms with Crippen molar-refractivity contribution < 1.29 is 19.1 Å². The fourth-order valence-electron chi connectivity index (χ4n) is 2.75. The van der Waals surface area contributed by atoms with Crippen molar-refractivity contribution in [1.29, 1.82) is 10.5 Å². The van der Waals surface area contributed by atoms with Gasteiger partial charge in [-0.1, -0.05) is 19.3 Å². The second kappa shape index (κ2) is 14.5. The summed E-state index contributed by atoms with van der Waals surface area (Å²) in [4.78, 5) is 27.7. The molecule has 8 nitrogen and oxygen atoms in total. The van der Waals surface area contributed by atoms with Crippen molar-refractivity contribution in [3.8, 4) is 12.1 Å². The monoisotopic (exact) mass is 436 g/mol. The van der Waals surface area contributed by atoms with E-state index in [1.54, 1.807) is 9.80 Å². The summed E-state index contributed by atoms with van der Waals surface area (Å²) >= 11 is 0. The van der Waals surface area contributed by atoms with Gasteiger partial charge in [-0.2, -0.15) is 10.5 Å². The predicted molar refractivity (Wildman–Crippen MR) is 119 cm³/mol. The molecule has 0 unspecified atom stereocenters. The Morgan fingerprint density at radius 1 is 0.645 bits per heavy atom. The van der Waals surface area contributed by atoms with Crippen LogP contribution in [-0.2, 0) is 9.47 Å². The van der Waals surface area contributed by atoms with Gasteiger partial charge in [-0.25, -0.2) is 9.59 Å². The van der Waals surface area contributed by atoms with Crippen molar-refractivity contribution in [2.24, 2.45) is 0 Å². The highest BCUT2D eigenvalue weighted by Crippen LogP contribution is 2.14. The van der Waals surface area contributed by atoms with E-state index in [4.69, 9.17) is 20.0 Å². The molecule has 0 N–H and O–H groups in total. The van der Waals surface area contributed by atoms with Crippen LogP contribution in [0.15, 0.2) is 0 Å². The molecule has 0 heterocycles. The van der Waals surface area contributed by atoms with Gasteiger partial charge in [-0.15, -0.1) is 0 Å². The van der Waals surface area contributed by atoms with Crippen LogP contribution in [0.2, 0.25) is 0 Å². The number of carbonyl (C=O) groups excluding carboxylic acids is 2. The van der Waals surface area contributed by atoms with Crippen LogP contribution in [0.25, 0.3) is 0 Å². The smallest absolute Gasteiger partial charge is 0.410 e. The molecule has 0 saturated carbocycles. The summed E-state index contributed by atoms with van der Waals surface area (Å²) in [5.41, 5.74) is -1.12. The van der Waals surface area contributed by atoms with E-state index in [-0.39, 0.29) is 25.0 Å². The molecule has 0 radical (unpaired) electrons. The van der Waals surface area contributed by atoms with Crippen LogP contribution in [0.4, 0.5) is 9.59 Å². The van der Waals surface area contributed by atoms with E-state index in [1.165, 1.54) is 0 Å². The van der Waals surface area contributed by atoms with Gasteiger partial charge < -0.3 is 19.3 Å². The molecule has 0 fully saturated rings. The summed E-state index contributed by atoms with van der Waals surface area (Å²) in [5.74, 6) is 0. The molecule has 176 valence electrons. The highest BCUT2D eigenvalue weighted by Gasteiger charge is 2.22. The van der Waals surface area contributed by atoms with Crippen LogP contribution in [0.1, 0.15) is 86.5 Å². The van der Waals surface area contributed by atoms with E-state index in [0.717, 1.165) is 32.1 Å². The molecule has 0 rings (SSSR count). The molecule has 0 aliphatic carbocycles. The number of ether oxygens (including phenoxy) is 2. The number of carbonyl (C=O) groups is 2. The number of hydrogen-bond acceptors (Lipinski definition) is 6. The van der Waals surface area contributed by atoms with Gasteiger partial charge in [0.15, 0.2) is 0 Å². The second-order valence-corrected chi connectivity index (χ2v) is 9.52. The summed E-state index contributed by atoms with van der Waals surface area (Å²) in [5, 5.41) is 17.6. The molecule has 0 aromatic rings. The van der Waals surface area contributed by atoms with Gasteiger partial charge in [-0.05, 0) is 54.4 Å². The zero-order valence-corrected chi connectivity index (χ0v) is 20.2. The topological polar surface area (TPSA) is 107 Å². The summed E-state index contributed by atoms with van der Waals surface area (Å²) in [6.07, 6.45) is 4.31. The minimum atomic E-state index is -0.562. The number of amides is 2. The lowest BCUT2D eigenvalue weighted by atomic mass is 10.1. The maximum Gasteiger partial charge on any atom is 0.410 e. The van der Waals surface area contributed by atoms with Crippen LogP contribution in [-0.4, -0.2) is 59.4 Å². The van der Waals surface area contributed by atoms with Crippen LogP contribution in [0.5, 0.6) is 0 Å². The van der Waals surface area contributed by atoms with Gasteiger partial charge in [0.25, 0.3) is 0 Å². The van der Waals surface area contributed by atoms with Crippen molar-refractivity contribution in [3.63, 3.8) is 0 Å². The average Bonchev–Trinajstić information content (AvgIpc) is 2.62. The Labute approximate surface area is 188 Å². The molecular formula is C23H40N4O4. The summed E-state index contributed by atoms with van der Waals surface area (Å²) in [7, 11) is 0. The zero-order chi connectivity index (χ0) is 23.9. The fraction of sp³-hybridized carbons (Fsp3) is 0.826. The largest absolute Gasteiger partial charge is 0.444 e. The molecule has 0 aromatic heterocycles. The van der Waals surface area contributed by atoms with Crippen molar-refractivity contribution >= 4 is 12.2 Å². The van der Waals surface area contributed by atoms with Gasteiger partial charge in [-0.3, -0.25) is 0 Å². The molecule has 0 aliphatic rings. The Balaban J connectivity index is 4.32. The zero-order valence-electron chi connectivity index (χ0n) is 20.2. The SMILES string of the molecule is CC(C)(C)OC(=O)N(CCC#N)CCCCCCCN(CCC#N)C(=O)OC(C)(C)C. The van der Waals surface area contributed by atoms with Gasteiger partial charge >= 0.3 is 12.2 Å². The fourth-order valence-corrected chi connectivity index (χ4v) is 2.75. The lowest BCUT2D eigenvalue weighted by molar-refractivity contribution is 0.0243. The molecule has 0 bridgehead atoms. The van der Waals surface area contributed by atoms with Gasteiger partial charge in [0, 0.05) is 26.2 Å². The quantitative estimate of drug-likeness (QED) is 0.387. The molecular weight excluding hydrogens is 396 g/mol. The third-order valence-electron chi connectivity index (χ3n) is 4.15. The van der Waals surface area contributed by atoms with Gasteiger partial charge in [0.1, 0.15) is 11.2 Å². The Bertz CT molecular complexity index is 569. The van der Waals surface area contributed by atoms with Gasteiger partial charge in [0.2, 0.25) is 0 Å².